The highest BCUT2D eigenvalue weighted by molar-refractivity contribution is 5.90. The third kappa shape index (κ3) is 8.67. The average molecular weight is 426 g/mol. The number of aliphatic carboxylic acids is 1. The van der Waals surface area contributed by atoms with Crippen LogP contribution >= 0.6 is 0 Å². The predicted octanol–water partition coefficient (Wildman–Crippen LogP) is -0.399. The second-order valence-electron chi connectivity index (χ2n) is 6.94. The molecule has 2 aromatic rings. The van der Waals surface area contributed by atoms with Crippen LogP contribution in [0.5, 0.6) is 0 Å². The van der Waals surface area contributed by atoms with Crippen LogP contribution in [0.3, 0.4) is 0 Å². The molecule has 0 aliphatic heterocycles. The van der Waals surface area contributed by atoms with E-state index in [0.717, 1.165) is 11.1 Å². The lowest BCUT2D eigenvalue weighted by molar-refractivity contribution is -0.141. The van der Waals surface area contributed by atoms with E-state index in [1.165, 1.54) is 0 Å². The Morgan fingerprint density at radius 3 is 1.84 bits per heavy atom. The van der Waals surface area contributed by atoms with Crippen molar-refractivity contribution in [3.8, 4) is 0 Å². The Morgan fingerprint density at radius 2 is 1.29 bits per heavy atom. The van der Waals surface area contributed by atoms with Crippen LogP contribution in [0.25, 0.3) is 0 Å². The van der Waals surface area contributed by atoms with Gasteiger partial charge >= 0.3 is 5.97 Å². The summed E-state index contributed by atoms with van der Waals surface area (Å²) in [6.07, 6.45) is 0.444. The van der Waals surface area contributed by atoms with Gasteiger partial charge in [0.1, 0.15) is 6.04 Å². The van der Waals surface area contributed by atoms with Gasteiger partial charge in [-0.05, 0) is 17.5 Å². The fourth-order valence-corrected chi connectivity index (χ4v) is 2.80. The van der Waals surface area contributed by atoms with E-state index in [9.17, 15) is 24.3 Å². The largest absolute Gasteiger partial charge is 0.480 e. The summed E-state index contributed by atoms with van der Waals surface area (Å²) in [7, 11) is 0. The molecule has 0 spiro atoms. The minimum Gasteiger partial charge on any atom is -0.480 e. The van der Waals surface area contributed by atoms with E-state index in [1.54, 1.807) is 30.3 Å². The van der Waals surface area contributed by atoms with Crippen LogP contribution < -0.4 is 21.7 Å². The molecule has 2 rings (SSSR count). The average Bonchev–Trinajstić information content (AvgIpc) is 2.76. The molecule has 2 atom stereocenters. The van der Waals surface area contributed by atoms with Crippen LogP contribution in [-0.2, 0) is 32.0 Å². The zero-order chi connectivity index (χ0) is 22.6. The maximum atomic E-state index is 12.0. The van der Waals surface area contributed by atoms with Crippen molar-refractivity contribution in [3.05, 3.63) is 71.8 Å². The first-order valence-corrected chi connectivity index (χ1v) is 9.75. The lowest BCUT2D eigenvalue weighted by Crippen LogP contribution is -2.49. The molecule has 2 aromatic carbocycles. The van der Waals surface area contributed by atoms with E-state index in [-0.39, 0.29) is 13.0 Å². The van der Waals surface area contributed by atoms with Crippen molar-refractivity contribution in [2.75, 3.05) is 13.1 Å². The highest BCUT2D eigenvalue weighted by atomic mass is 16.4. The molecule has 6 N–H and O–H groups in total. The number of hydrogen-bond acceptors (Lipinski definition) is 5. The molecule has 0 saturated heterocycles. The molecular weight excluding hydrogens is 400 g/mol. The standard InChI is InChI=1S/C22H26N4O5/c23-17(11-15-7-3-1-4-8-15)21(29)25-13-19(27)24-14-20(28)26-18(22(30)31)12-16-9-5-2-6-10-16/h1-10,17-18H,11-14,23H2,(H,24,27)(H,25,29)(H,26,28)(H,30,31)/t17-,18-/m0/s1. The minimum atomic E-state index is -1.18. The first-order valence-electron chi connectivity index (χ1n) is 9.75. The number of rotatable bonds is 11. The van der Waals surface area contributed by atoms with Gasteiger partial charge in [-0.1, -0.05) is 60.7 Å². The molecule has 0 radical (unpaired) electrons. The van der Waals surface area contributed by atoms with E-state index in [1.807, 2.05) is 30.3 Å². The topological polar surface area (TPSA) is 151 Å². The van der Waals surface area contributed by atoms with Crippen LogP contribution in [-0.4, -0.2) is 54.0 Å². The van der Waals surface area contributed by atoms with Crippen molar-refractivity contribution in [2.45, 2.75) is 24.9 Å². The molecule has 9 nitrogen and oxygen atoms in total. The van der Waals surface area contributed by atoms with Gasteiger partial charge < -0.3 is 26.8 Å². The summed E-state index contributed by atoms with van der Waals surface area (Å²) >= 11 is 0. The highest BCUT2D eigenvalue weighted by Gasteiger charge is 2.21. The van der Waals surface area contributed by atoms with Crippen LogP contribution in [0.1, 0.15) is 11.1 Å². The monoisotopic (exact) mass is 426 g/mol. The van der Waals surface area contributed by atoms with Crippen LogP contribution in [0.15, 0.2) is 60.7 Å². The number of carboxylic acid groups (broad SMARTS) is 1. The maximum absolute atomic E-state index is 12.0. The highest BCUT2D eigenvalue weighted by Crippen LogP contribution is 2.04. The Morgan fingerprint density at radius 1 is 0.774 bits per heavy atom. The van der Waals surface area contributed by atoms with Crippen LogP contribution in [0.4, 0.5) is 0 Å². The van der Waals surface area contributed by atoms with Gasteiger partial charge in [-0.2, -0.15) is 0 Å². The van der Waals surface area contributed by atoms with Crippen LogP contribution in [0, 0.1) is 0 Å². The molecule has 31 heavy (non-hydrogen) atoms. The molecule has 9 heteroatoms. The molecule has 0 aliphatic carbocycles. The van der Waals surface area contributed by atoms with E-state index in [0.29, 0.717) is 6.42 Å². The van der Waals surface area contributed by atoms with Gasteiger partial charge in [0.05, 0.1) is 19.1 Å². The van der Waals surface area contributed by atoms with Crippen molar-refractivity contribution in [3.63, 3.8) is 0 Å². The maximum Gasteiger partial charge on any atom is 0.326 e. The number of nitrogens with one attached hydrogen (secondary N) is 3. The minimum absolute atomic E-state index is 0.116. The van der Waals surface area contributed by atoms with Crippen molar-refractivity contribution in [1.82, 2.24) is 16.0 Å². The van der Waals surface area contributed by atoms with Crippen molar-refractivity contribution in [2.24, 2.45) is 5.73 Å². The molecular formula is C22H26N4O5. The third-order valence-corrected chi connectivity index (χ3v) is 4.42. The van der Waals surface area contributed by atoms with Gasteiger partial charge in [-0.3, -0.25) is 14.4 Å². The van der Waals surface area contributed by atoms with Crippen LogP contribution in [0.2, 0.25) is 0 Å². The zero-order valence-electron chi connectivity index (χ0n) is 16.9. The molecule has 0 saturated carbocycles. The number of carbonyl (C=O) groups is 4. The number of amides is 3. The summed E-state index contributed by atoms with van der Waals surface area (Å²) in [6, 6.07) is 16.2. The number of benzene rings is 2. The molecule has 164 valence electrons. The zero-order valence-corrected chi connectivity index (χ0v) is 16.9. The molecule has 0 aliphatic rings. The Kier molecular flexibility index (Phi) is 9.18. The Hall–Kier alpha value is -3.72. The van der Waals surface area contributed by atoms with E-state index >= 15 is 0 Å². The van der Waals surface area contributed by atoms with Gasteiger partial charge in [0.2, 0.25) is 17.7 Å². The Balaban J connectivity index is 1.71. The number of carboxylic acids is 1. The molecule has 3 amide bonds. The number of nitrogens with two attached hydrogens (primary N) is 1. The predicted molar refractivity (Wildman–Crippen MR) is 114 cm³/mol. The lowest BCUT2D eigenvalue weighted by Gasteiger charge is -2.15. The van der Waals surface area contributed by atoms with Crippen molar-refractivity contribution >= 4 is 23.7 Å². The van der Waals surface area contributed by atoms with Gasteiger partial charge in [-0.15, -0.1) is 0 Å². The summed E-state index contributed by atoms with van der Waals surface area (Å²) in [5.41, 5.74) is 7.50. The van der Waals surface area contributed by atoms with E-state index in [4.69, 9.17) is 5.73 Å². The lowest BCUT2D eigenvalue weighted by atomic mass is 10.1. The quantitative estimate of drug-likeness (QED) is 0.330. The van der Waals surface area contributed by atoms with Gasteiger partial charge in [0.25, 0.3) is 0 Å². The fourth-order valence-electron chi connectivity index (χ4n) is 2.80. The smallest absolute Gasteiger partial charge is 0.326 e. The second-order valence-corrected chi connectivity index (χ2v) is 6.94. The summed E-state index contributed by atoms with van der Waals surface area (Å²) in [6.45, 7) is -0.760. The number of carbonyl (C=O) groups excluding carboxylic acids is 3. The molecule has 0 heterocycles. The van der Waals surface area contributed by atoms with Crippen molar-refractivity contribution in [1.29, 1.82) is 0 Å². The van der Waals surface area contributed by atoms with Crippen molar-refractivity contribution < 1.29 is 24.3 Å². The molecule has 0 aromatic heterocycles. The normalized spacial score (nSPS) is 12.3. The second kappa shape index (κ2) is 12.1. The summed E-state index contributed by atoms with van der Waals surface area (Å²) in [5.74, 6) is -2.91. The number of hydrogen-bond donors (Lipinski definition) is 5. The van der Waals surface area contributed by atoms with E-state index < -0.39 is 42.3 Å². The van der Waals surface area contributed by atoms with Gasteiger partial charge in [0.15, 0.2) is 0 Å². The SMILES string of the molecule is N[C@@H](Cc1ccccc1)C(=O)NCC(=O)NCC(=O)N[C@@H](Cc1ccccc1)C(=O)O. The fraction of sp³-hybridized carbons (Fsp3) is 0.273. The molecule has 0 unspecified atom stereocenters. The molecule has 0 bridgehead atoms. The van der Waals surface area contributed by atoms with E-state index in [2.05, 4.69) is 16.0 Å². The molecule has 0 fully saturated rings. The first kappa shape index (κ1) is 23.6. The Bertz CT molecular complexity index is 889. The first-order chi connectivity index (χ1) is 14.8. The van der Waals surface area contributed by atoms with Gasteiger partial charge in [-0.25, -0.2) is 4.79 Å². The van der Waals surface area contributed by atoms with Gasteiger partial charge in [0, 0.05) is 6.42 Å². The third-order valence-electron chi connectivity index (χ3n) is 4.42. The summed E-state index contributed by atoms with van der Waals surface area (Å²) in [4.78, 5) is 47.3. The summed E-state index contributed by atoms with van der Waals surface area (Å²) < 4.78 is 0. The Labute approximate surface area is 180 Å². The summed E-state index contributed by atoms with van der Waals surface area (Å²) in [5, 5.41) is 16.4.